The number of carbonyl (C=O) groups is 3. The van der Waals surface area contributed by atoms with Crippen LogP contribution in [0.4, 0.5) is 4.39 Å². The lowest BCUT2D eigenvalue weighted by Gasteiger charge is -2.38. The highest BCUT2D eigenvalue weighted by atomic mass is 19.1. The highest BCUT2D eigenvalue weighted by Crippen LogP contribution is 2.23. The van der Waals surface area contributed by atoms with Gasteiger partial charge < -0.3 is 19.1 Å². The average Bonchev–Trinajstić information content (AvgIpc) is 2.81. The first kappa shape index (κ1) is 24.2. The van der Waals surface area contributed by atoms with Gasteiger partial charge in [-0.1, -0.05) is 0 Å². The lowest BCUT2D eigenvalue weighted by Crippen LogP contribution is -2.49. The number of ether oxygens (including phenoxy) is 3. The zero-order valence-corrected chi connectivity index (χ0v) is 19.0. The minimum Gasteiger partial charge on any atom is -0.494 e. The molecule has 1 fully saturated rings. The van der Waals surface area contributed by atoms with Crippen molar-refractivity contribution in [3.63, 3.8) is 0 Å². The molecule has 7 nitrogen and oxygen atoms in total. The summed E-state index contributed by atoms with van der Waals surface area (Å²) in [6.07, 6.45) is 3.10. The van der Waals surface area contributed by atoms with E-state index in [1.807, 2.05) is 18.7 Å². The minimum atomic E-state index is -0.698. The van der Waals surface area contributed by atoms with Gasteiger partial charge in [0.1, 0.15) is 5.75 Å². The van der Waals surface area contributed by atoms with Gasteiger partial charge in [0.25, 0.3) is 5.91 Å². The summed E-state index contributed by atoms with van der Waals surface area (Å²) in [6, 6.07) is 10.3. The van der Waals surface area contributed by atoms with Gasteiger partial charge in [-0.05, 0) is 75.6 Å². The van der Waals surface area contributed by atoms with Crippen molar-refractivity contribution in [2.24, 2.45) is 0 Å². The van der Waals surface area contributed by atoms with Crippen LogP contribution in [-0.2, 0) is 9.53 Å². The Morgan fingerprint density at radius 3 is 2.21 bits per heavy atom. The first-order chi connectivity index (χ1) is 15.8. The maximum atomic E-state index is 13.7. The molecule has 0 aromatic heterocycles. The first-order valence-corrected chi connectivity index (χ1v) is 10.9. The molecule has 0 saturated carbocycles. The van der Waals surface area contributed by atoms with E-state index in [2.05, 4.69) is 0 Å². The van der Waals surface area contributed by atoms with E-state index in [0.29, 0.717) is 5.75 Å². The summed E-state index contributed by atoms with van der Waals surface area (Å²) >= 11 is 0. The van der Waals surface area contributed by atoms with Crippen molar-refractivity contribution < 1.29 is 33.0 Å². The predicted molar refractivity (Wildman–Crippen MR) is 119 cm³/mol. The molecule has 1 heterocycles. The molecule has 0 bridgehead atoms. The molecule has 2 atom stereocenters. The Labute approximate surface area is 192 Å². The second-order valence-electron chi connectivity index (χ2n) is 8.09. The number of esters is 1. The van der Waals surface area contributed by atoms with Gasteiger partial charge in [0.2, 0.25) is 0 Å². The second-order valence-corrected chi connectivity index (χ2v) is 8.09. The highest BCUT2D eigenvalue weighted by Gasteiger charge is 2.29. The number of methoxy groups -OCH3 is 1. The van der Waals surface area contributed by atoms with Crippen LogP contribution in [0.25, 0.3) is 0 Å². The molecule has 1 aliphatic rings. The molecule has 2 unspecified atom stereocenters. The fraction of sp³-hybridized carbons (Fsp3) is 0.400. The molecule has 8 heteroatoms. The zero-order valence-electron chi connectivity index (χ0n) is 19.0. The molecule has 2 aromatic rings. The number of Topliss-reactive ketones (excluding diaryl/α,β-unsaturated/α-hetero) is 1. The molecular weight excluding hydrogens is 429 g/mol. The third-order valence-corrected chi connectivity index (χ3v) is 5.74. The number of hydrogen-bond acceptors (Lipinski definition) is 6. The van der Waals surface area contributed by atoms with Gasteiger partial charge in [-0.25, -0.2) is 9.18 Å². The molecule has 33 heavy (non-hydrogen) atoms. The van der Waals surface area contributed by atoms with E-state index >= 15 is 0 Å². The number of piperidine rings is 1. The van der Waals surface area contributed by atoms with Crippen molar-refractivity contribution in [3.8, 4) is 11.5 Å². The smallest absolute Gasteiger partial charge is 0.338 e. The van der Waals surface area contributed by atoms with Crippen LogP contribution in [0.1, 0.15) is 53.8 Å². The number of rotatable bonds is 8. The highest BCUT2D eigenvalue weighted by molar-refractivity contribution is 5.99. The maximum absolute atomic E-state index is 13.7. The van der Waals surface area contributed by atoms with Gasteiger partial charge in [-0.3, -0.25) is 9.59 Å². The molecule has 0 aliphatic carbocycles. The van der Waals surface area contributed by atoms with Crippen LogP contribution in [0, 0.1) is 5.82 Å². The van der Waals surface area contributed by atoms with Crippen molar-refractivity contribution in [1.82, 2.24) is 4.90 Å². The van der Waals surface area contributed by atoms with Crippen LogP contribution in [0.15, 0.2) is 42.5 Å². The summed E-state index contributed by atoms with van der Waals surface area (Å²) in [5, 5.41) is 0. The molecule has 0 N–H and O–H groups in total. The predicted octanol–water partition coefficient (Wildman–Crippen LogP) is 4.04. The van der Waals surface area contributed by atoms with Gasteiger partial charge in [-0.15, -0.1) is 0 Å². The van der Waals surface area contributed by atoms with E-state index in [-0.39, 0.29) is 41.5 Å². The van der Waals surface area contributed by atoms with Crippen LogP contribution in [-0.4, -0.2) is 55.0 Å². The minimum absolute atomic E-state index is 0.0208. The largest absolute Gasteiger partial charge is 0.494 e. The Kier molecular flexibility index (Phi) is 8.03. The standard InChI is InChI=1S/C25H28FNO6/c1-16-5-4-6-17(2)27(16)24(29)15-32-20-10-7-18(8-11-20)25(30)33-14-22(28)19-9-12-23(31-3)21(26)13-19/h7-13,16-17H,4-6,14-15H2,1-3H3. The number of halogens is 1. The lowest BCUT2D eigenvalue weighted by atomic mass is 9.97. The average molecular weight is 457 g/mol. The van der Waals surface area contributed by atoms with E-state index < -0.39 is 24.2 Å². The number of likely N-dealkylation sites (tertiary alicyclic amines) is 1. The number of amides is 1. The van der Waals surface area contributed by atoms with E-state index in [9.17, 15) is 18.8 Å². The maximum Gasteiger partial charge on any atom is 0.338 e. The first-order valence-electron chi connectivity index (χ1n) is 10.9. The zero-order chi connectivity index (χ0) is 24.0. The van der Waals surface area contributed by atoms with E-state index in [0.717, 1.165) is 25.3 Å². The number of hydrogen-bond donors (Lipinski definition) is 0. The summed E-state index contributed by atoms with van der Waals surface area (Å²) in [6.45, 7) is 3.49. The topological polar surface area (TPSA) is 82.1 Å². The summed E-state index contributed by atoms with van der Waals surface area (Å²) in [7, 11) is 1.32. The van der Waals surface area contributed by atoms with Crippen molar-refractivity contribution in [2.45, 2.75) is 45.2 Å². The second kappa shape index (κ2) is 10.9. The Balaban J connectivity index is 1.50. The fourth-order valence-corrected chi connectivity index (χ4v) is 3.96. The van der Waals surface area contributed by atoms with Crippen LogP contribution < -0.4 is 9.47 Å². The van der Waals surface area contributed by atoms with Gasteiger partial charge in [0, 0.05) is 17.6 Å². The third kappa shape index (κ3) is 6.09. The fourth-order valence-electron chi connectivity index (χ4n) is 3.96. The molecule has 2 aromatic carbocycles. The molecule has 0 radical (unpaired) electrons. The normalized spacial score (nSPS) is 17.9. The van der Waals surface area contributed by atoms with Crippen LogP contribution in [0.3, 0.4) is 0 Å². The Hall–Kier alpha value is -3.42. The monoisotopic (exact) mass is 457 g/mol. The summed E-state index contributed by atoms with van der Waals surface area (Å²) in [4.78, 5) is 38.8. The lowest BCUT2D eigenvalue weighted by molar-refractivity contribution is -0.139. The van der Waals surface area contributed by atoms with E-state index in [1.165, 1.54) is 31.4 Å². The Morgan fingerprint density at radius 2 is 1.61 bits per heavy atom. The van der Waals surface area contributed by atoms with Crippen molar-refractivity contribution in [1.29, 1.82) is 0 Å². The molecule has 3 rings (SSSR count). The van der Waals surface area contributed by atoms with Gasteiger partial charge >= 0.3 is 5.97 Å². The van der Waals surface area contributed by atoms with E-state index in [4.69, 9.17) is 14.2 Å². The van der Waals surface area contributed by atoms with Crippen LogP contribution in [0.5, 0.6) is 11.5 Å². The third-order valence-electron chi connectivity index (χ3n) is 5.74. The number of benzene rings is 2. The molecule has 176 valence electrons. The molecule has 1 amide bonds. The summed E-state index contributed by atoms with van der Waals surface area (Å²) in [5.41, 5.74) is 0.299. The van der Waals surface area contributed by atoms with Crippen LogP contribution >= 0.6 is 0 Å². The molecule has 0 spiro atoms. The number of carbonyl (C=O) groups excluding carboxylic acids is 3. The summed E-state index contributed by atoms with van der Waals surface area (Å²) in [5.74, 6) is -1.51. The van der Waals surface area contributed by atoms with Crippen LogP contribution in [0.2, 0.25) is 0 Å². The quantitative estimate of drug-likeness (QED) is 0.440. The van der Waals surface area contributed by atoms with Crippen molar-refractivity contribution in [3.05, 3.63) is 59.4 Å². The van der Waals surface area contributed by atoms with Gasteiger partial charge in [-0.2, -0.15) is 0 Å². The van der Waals surface area contributed by atoms with Gasteiger partial charge in [0.05, 0.1) is 12.7 Å². The molecule has 1 saturated heterocycles. The molecular formula is C25H28FNO6. The number of ketones is 1. The van der Waals surface area contributed by atoms with E-state index in [1.54, 1.807) is 12.1 Å². The number of nitrogens with zero attached hydrogens (tertiary/aromatic N) is 1. The van der Waals surface area contributed by atoms with Gasteiger partial charge in [0.15, 0.2) is 30.6 Å². The molecule has 1 aliphatic heterocycles. The Morgan fingerprint density at radius 1 is 0.970 bits per heavy atom. The summed E-state index contributed by atoms with van der Waals surface area (Å²) < 4.78 is 29.2. The Bertz CT molecular complexity index is 996. The van der Waals surface area contributed by atoms with Crippen molar-refractivity contribution in [2.75, 3.05) is 20.3 Å². The SMILES string of the molecule is COc1ccc(C(=O)COC(=O)c2ccc(OCC(=O)N3C(C)CCCC3C)cc2)cc1F. The van der Waals surface area contributed by atoms with Crippen molar-refractivity contribution >= 4 is 17.7 Å².